The maximum atomic E-state index is 12.8. The zero-order valence-corrected chi connectivity index (χ0v) is 12.8. The highest BCUT2D eigenvalue weighted by Gasteiger charge is 2.19. The first kappa shape index (κ1) is 16.7. The molecule has 0 atom stereocenters. The number of benzene rings is 1. The van der Waals surface area contributed by atoms with Crippen LogP contribution in [0, 0.1) is 5.82 Å². The van der Waals surface area contributed by atoms with Crippen molar-refractivity contribution >= 4 is 5.91 Å². The van der Waals surface area contributed by atoms with E-state index in [-0.39, 0.29) is 36.2 Å². The van der Waals surface area contributed by atoms with E-state index in [0.717, 1.165) is 5.56 Å². The predicted molar refractivity (Wildman–Crippen MR) is 80.7 cm³/mol. The molecule has 0 unspecified atom stereocenters. The molecule has 122 valence electrons. The lowest BCUT2D eigenvalue weighted by Gasteiger charge is -2.11. The van der Waals surface area contributed by atoms with Gasteiger partial charge in [0.05, 0.1) is 19.4 Å². The van der Waals surface area contributed by atoms with Crippen LogP contribution in [0.25, 0.3) is 0 Å². The molecule has 0 aliphatic heterocycles. The second-order valence-electron chi connectivity index (χ2n) is 4.76. The first-order valence-electron chi connectivity index (χ1n) is 6.83. The number of carbonyl (C=O) groups excluding carboxylic acids is 1. The maximum absolute atomic E-state index is 12.8. The number of halogens is 1. The van der Waals surface area contributed by atoms with Gasteiger partial charge in [0.1, 0.15) is 5.82 Å². The molecule has 0 aliphatic rings. The van der Waals surface area contributed by atoms with Gasteiger partial charge < -0.3 is 19.9 Å². The van der Waals surface area contributed by atoms with Gasteiger partial charge in [0.2, 0.25) is 0 Å². The number of methoxy groups -OCH3 is 2. The highest BCUT2D eigenvalue weighted by Crippen LogP contribution is 2.29. The summed E-state index contributed by atoms with van der Waals surface area (Å²) >= 11 is 0. The summed E-state index contributed by atoms with van der Waals surface area (Å²) in [5.41, 5.74) is 1.02. The molecule has 0 saturated carbocycles. The van der Waals surface area contributed by atoms with E-state index in [0.29, 0.717) is 5.69 Å². The van der Waals surface area contributed by atoms with Gasteiger partial charge in [-0.3, -0.25) is 4.79 Å². The minimum Gasteiger partial charge on any atom is -0.503 e. The summed E-state index contributed by atoms with van der Waals surface area (Å²) in [7, 11) is 2.88. The van der Waals surface area contributed by atoms with Gasteiger partial charge in [0.25, 0.3) is 5.91 Å². The van der Waals surface area contributed by atoms with Crippen molar-refractivity contribution in [3.63, 3.8) is 0 Å². The molecule has 0 spiro atoms. The van der Waals surface area contributed by atoms with Gasteiger partial charge in [-0.15, -0.1) is 0 Å². The van der Waals surface area contributed by atoms with Crippen LogP contribution in [0.1, 0.15) is 21.7 Å². The van der Waals surface area contributed by atoms with Crippen molar-refractivity contribution in [2.24, 2.45) is 0 Å². The Morgan fingerprint density at radius 1 is 1.30 bits per heavy atom. The zero-order chi connectivity index (χ0) is 16.8. The third kappa shape index (κ3) is 4.17. The first-order chi connectivity index (χ1) is 11.0. The van der Waals surface area contributed by atoms with Crippen molar-refractivity contribution in [3.05, 3.63) is 53.1 Å². The Kier molecular flexibility index (Phi) is 5.48. The van der Waals surface area contributed by atoms with Crippen molar-refractivity contribution < 1.29 is 23.8 Å². The summed E-state index contributed by atoms with van der Waals surface area (Å²) in [5, 5.41) is 12.7. The molecule has 0 saturated heterocycles. The van der Waals surface area contributed by atoms with Crippen LogP contribution in [0.4, 0.5) is 4.39 Å². The lowest BCUT2D eigenvalue weighted by atomic mass is 10.2. The predicted octanol–water partition coefficient (Wildman–Crippen LogP) is 2.01. The van der Waals surface area contributed by atoms with Gasteiger partial charge in [0, 0.05) is 19.7 Å². The topological polar surface area (TPSA) is 80.7 Å². The highest BCUT2D eigenvalue weighted by molar-refractivity contribution is 5.95. The van der Waals surface area contributed by atoms with E-state index in [9.17, 15) is 14.3 Å². The van der Waals surface area contributed by atoms with E-state index in [1.807, 2.05) is 0 Å². The minimum atomic E-state index is -0.567. The van der Waals surface area contributed by atoms with Crippen molar-refractivity contribution in [3.8, 4) is 11.5 Å². The highest BCUT2D eigenvalue weighted by atomic mass is 19.1. The summed E-state index contributed by atoms with van der Waals surface area (Å²) in [5.74, 6) is -1.12. The minimum absolute atomic E-state index is 0.138. The number of nitrogens with zero attached hydrogens (tertiary/aromatic N) is 1. The number of amides is 1. The zero-order valence-electron chi connectivity index (χ0n) is 12.8. The molecule has 0 aliphatic carbocycles. The molecular weight excluding hydrogens is 303 g/mol. The van der Waals surface area contributed by atoms with Gasteiger partial charge in [-0.25, -0.2) is 9.37 Å². The number of hydrogen-bond acceptors (Lipinski definition) is 5. The molecule has 2 rings (SSSR count). The van der Waals surface area contributed by atoms with Crippen LogP contribution >= 0.6 is 0 Å². The Balaban J connectivity index is 2.17. The van der Waals surface area contributed by atoms with Crippen LogP contribution in [0.15, 0.2) is 30.3 Å². The fraction of sp³-hybridized carbons (Fsp3) is 0.250. The lowest BCUT2D eigenvalue weighted by molar-refractivity contribution is 0.0941. The van der Waals surface area contributed by atoms with E-state index in [1.165, 1.54) is 32.4 Å². The van der Waals surface area contributed by atoms with E-state index < -0.39 is 5.91 Å². The molecule has 0 bridgehead atoms. The van der Waals surface area contributed by atoms with Gasteiger partial charge >= 0.3 is 0 Å². The average Bonchev–Trinajstić information content (AvgIpc) is 2.55. The summed E-state index contributed by atoms with van der Waals surface area (Å²) in [6.07, 6.45) is 0. The fourth-order valence-electron chi connectivity index (χ4n) is 1.97. The van der Waals surface area contributed by atoms with Gasteiger partial charge in [-0.05, 0) is 17.7 Å². The number of aromatic hydroxyl groups is 1. The SMILES string of the molecule is COCc1cc(OC)c(O)c(C(=O)NCc2ccc(F)cc2)n1. The Hall–Kier alpha value is -2.67. The van der Waals surface area contributed by atoms with E-state index in [1.54, 1.807) is 12.1 Å². The number of aromatic nitrogens is 1. The second-order valence-corrected chi connectivity index (χ2v) is 4.76. The van der Waals surface area contributed by atoms with Crippen molar-refractivity contribution in [1.82, 2.24) is 10.3 Å². The second kappa shape index (κ2) is 7.55. The summed E-state index contributed by atoms with van der Waals surface area (Å²) in [6, 6.07) is 7.23. The first-order valence-corrected chi connectivity index (χ1v) is 6.83. The number of rotatable bonds is 6. The molecular formula is C16H17FN2O4. The number of carbonyl (C=O) groups is 1. The standard InChI is InChI=1S/C16H17FN2O4/c1-22-9-12-7-13(23-2)15(20)14(19-12)16(21)18-8-10-3-5-11(17)6-4-10/h3-7,20H,8-9H2,1-2H3,(H,18,21). The van der Waals surface area contributed by atoms with Crippen LogP contribution in [-0.4, -0.2) is 30.2 Å². The third-order valence-electron chi connectivity index (χ3n) is 3.10. The molecule has 1 aromatic heterocycles. The van der Waals surface area contributed by atoms with Crippen LogP contribution in [0.3, 0.4) is 0 Å². The quantitative estimate of drug-likeness (QED) is 0.851. The third-order valence-corrected chi connectivity index (χ3v) is 3.10. The molecule has 2 N–H and O–H groups in total. The van der Waals surface area contributed by atoms with Crippen LogP contribution in [0.5, 0.6) is 11.5 Å². The van der Waals surface area contributed by atoms with Crippen LogP contribution in [-0.2, 0) is 17.9 Å². The lowest BCUT2D eigenvalue weighted by Crippen LogP contribution is -2.24. The summed E-state index contributed by atoms with van der Waals surface area (Å²) in [4.78, 5) is 16.3. The monoisotopic (exact) mass is 320 g/mol. The molecule has 0 fully saturated rings. The Bertz CT molecular complexity index is 689. The number of pyridine rings is 1. The van der Waals surface area contributed by atoms with E-state index >= 15 is 0 Å². The van der Waals surface area contributed by atoms with Crippen LogP contribution < -0.4 is 10.1 Å². The Morgan fingerprint density at radius 2 is 2.00 bits per heavy atom. The normalized spacial score (nSPS) is 10.4. The summed E-state index contributed by atoms with van der Waals surface area (Å²) < 4.78 is 22.9. The number of ether oxygens (including phenoxy) is 2. The fourth-order valence-corrected chi connectivity index (χ4v) is 1.97. The molecule has 7 heteroatoms. The van der Waals surface area contributed by atoms with Crippen LogP contribution in [0.2, 0.25) is 0 Å². The molecule has 1 aromatic carbocycles. The molecule has 1 heterocycles. The van der Waals surface area contributed by atoms with Gasteiger partial charge in [-0.1, -0.05) is 12.1 Å². The molecule has 6 nitrogen and oxygen atoms in total. The largest absolute Gasteiger partial charge is 0.503 e. The Labute approximate surface area is 132 Å². The molecule has 2 aromatic rings. The van der Waals surface area contributed by atoms with Gasteiger partial charge in [0.15, 0.2) is 17.2 Å². The van der Waals surface area contributed by atoms with Crippen molar-refractivity contribution in [2.45, 2.75) is 13.2 Å². The van der Waals surface area contributed by atoms with E-state index in [4.69, 9.17) is 9.47 Å². The van der Waals surface area contributed by atoms with Crippen molar-refractivity contribution in [1.29, 1.82) is 0 Å². The smallest absolute Gasteiger partial charge is 0.274 e. The van der Waals surface area contributed by atoms with Gasteiger partial charge in [-0.2, -0.15) is 0 Å². The summed E-state index contributed by atoms with van der Waals surface area (Å²) in [6.45, 7) is 0.353. The molecule has 1 amide bonds. The maximum Gasteiger partial charge on any atom is 0.274 e. The number of nitrogens with one attached hydrogen (secondary N) is 1. The molecule has 0 radical (unpaired) electrons. The number of hydrogen-bond donors (Lipinski definition) is 2. The average molecular weight is 320 g/mol. The molecule has 23 heavy (non-hydrogen) atoms. The van der Waals surface area contributed by atoms with Crippen molar-refractivity contribution in [2.75, 3.05) is 14.2 Å². The Morgan fingerprint density at radius 3 is 2.61 bits per heavy atom. The van der Waals surface area contributed by atoms with E-state index in [2.05, 4.69) is 10.3 Å².